The van der Waals surface area contributed by atoms with Crippen LogP contribution in [0, 0.1) is 6.92 Å². The molecule has 0 spiro atoms. The van der Waals surface area contributed by atoms with Gasteiger partial charge >= 0.3 is 0 Å². The van der Waals surface area contributed by atoms with Gasteiger partial charge in [0.2, 0.25) is 15.9 Å². The summed E-state index contributed by atoms with van der Waals surface area (Å²) in [7, 11) is -3.51. The Morgan fingerprint density at radius 3 is 2.65 bits per heavy atom. The van der Waals surface area contributed by atoms with Crippen molar-refractivity contribution >= 4 is 10.0 Å². The predicted octanol–water partition coefficient (Wildman–Crippen LogP) is 2.01. The van der Waals surface area contributed by atoms with Crippen molar-refractivity contribution in [3.63, 3.8) is 0 Å². The molecule has 0 radical (unpaired) electrons. The van der Waals surface area contributed by atoms with E-state index < -0.39 is 10.0 Å². The quantitative estimate of drug-likeness (QED) is 0.691. The monoisotopic (exact) mass is 371 g/mol. The lowest BCUT2D eigenvalue weighted by Gasteiger charge is -2.15. The van der Waals surface area contributed by atoms with Gasteiger partial charge in [0.05, 0.1) is 22.7 Å². The highest BCUT2D eigenvalue weighted by molar-refractivity contribution is 7.89. The third-order valence-corrected chi connectivity index (χ3v) is 6.20. The molecule has 1 atom stereocenters. The standard InChI is InChI=1S/C17H17N5O3S/c1-12-9-19-15(10-18-12)17-21-20-16(25-17)13-7-8-22(11-13)26(23,24)14-5-3-2-4-6-14/h2-6,9-10,13H,7-8,11H2,1H3/t13-/m0/s1. The minimum atomic E-state index is -3.51. The molecule has 0 bridgehead atoms. The molecule has 1 fully saturated rings. The van der Waals surface area contributed by atoms with Crippen LogP contribution in [0.4, 0.5) is 0 Å². The van der Waals surface area contributed by atoms with Gasteiger partial charge in [-0.1, -0.05) is 18.2 Å². The molecule has 9 heteroatoms. The highest BCUT2D eigenvalue weighted by atomic mass is 32.2. The first-order chi connectivity index (χ1) is 12.5. The van der Waals surface area contributed by atoms with E-state index in [0.717, 1.165) is 5.69 Å². The van der Waals surface area contributed by atoms with Crippen LogP contribution in [0.1, 0.15) is 23.9 Å². The molecule has 2 aromatic heterocycles. The van der Waals surface area contributed by atoms with E-state index in [4.69, 9.17) is 4.42 Å². The lowest BCUT2D eigenvalue weighted by Crippen LogP contribution is -2.28. The Balaban J connectivity index is 1.52. The second-order valence-electron chi connectivity index (χ2n) is 6.15. The highest BCUT2D eigenvalue weighted by Gasteiger charge is 2.35. The van der Waals surface area contributed by atoms with Crippen molar-refractivity contribution in [2.75, 3.05) is 13.1 Å². The summed E-state index contributed by atoms with van der Waals surface area (Å²) in [5.41, 5.74) is 1.30. The number of nitrogens with zero attached hydrogens (tertiary/aromatic N) is 5. The van der Waals surface area contributed by atoms with Gasteiger partial charge in [0, 0.05) is 19.3 Å². The number of benzene rings is 1. The van der Waals surface area contributed by atoms with Crippen molar-refractivity contribution in [2.24, 2.45) is 0 Å². The lowest BCUT2D eigenvalue weighted by molar-refractivity contribution is 0.439. The summed E-state index contributed by atoms with van der Waals surface area (Å²) < 4.78 is 32.6. The van der Waals surface area contributed by atoms with Gasteiger partial charge in [-0.2, -0.15) is 4.31 Å². The first-order valence-electron chi connectivity index (χ1n) is 8.21. The Morgan fingerprint density at radius 1 is 1.12 bits per heavy atom. The fourth-order valence-corrected chi connectivity index (χ4v) is 4.42. The molecule has 134 valence electrons. The van der Waals surface area contributed by atoms with Gasteiger partial charge in [-0.25, -0.2) is 13.4 Å². The number of aromatic nitrogens is 4. The molecule has 4 rings (SSSR count). The molecule has 1 aliphatic heterocycles. The maximum atomic E-state index is 12.7. The Kier molecular flexibility index (Phi) is 4.25. The van der Waals surface area contributed by atoms with Gasteiger partial charge in [-0.3, -0.25) is 4.98 Å². The maximum Gasteiger partial charge on any atom is 0.267 e. The summed E-state index contributed by atoms with van der Waals surface area (Å²) in [6, 6.07) is 8.42. The topological polar surface area (TPSA) is 102 Å². The van der Waals surface area contributed by atoms with Crippen molar-refractivity contribution in [3.05, 3.63) is 54.3 Å². The number of rotatable bonds is 4. The van der Waals surface area contributed by atoms with Crippen molar-refractivity contribution in [1.82, 2.24) is 24.5 Å². The van der Waals surface area contributed by atoms with Gasteiger partial charge in [-0.05, 0) is 25.5 Å². The zero-order valence-corrected chi connectivity index (χ0v) is 14.9. The fraction of sp³-hybridized carbons (Fsp3) is 0.294. The third kappa shape index (κ3) is 3.11. The number of hydrogen-bond donors (Lipinski definition) is 0. The van der Waals surface area contributed by atoms with Crippen molar-refractivity contribution in [3.8, 4) is 11.6 Å². The van der Waals surface area contributed by atoms with E-state index in [1.54, 1.807) is 42.7 Å². The minimum Gasteiger partial charge on any atom is -0.419 e. The summed E-state index contributed by atoms with van der Waals surface area (Å²) in [5, 5.41) is 8.10. The largest absolute Gasteiger partial charge is 0.419 e. The van der Waals surface area contributed by atoms with Crippen LogP contribution in [-0.2, 0) is 10.0 Å². The molecule has 1 aliphatic rings. The molecule has 1 saturated heterocycles. The normalized spacial score (nSPS) is 18.3. The molecule has 0 aliphatic carbocycles. The van der Waals surface area contributed by atoms with Crippen molar-refractivity contribution in [1.29, 1.82) is 0 Å². The molecule has 26 heavy (non-hydrogen) atoms. The van der Waals surface area contributed by atoms with Crippen LogP contribution in [-0.4, -0.2) is 46.0 Å². The van der Waals surface area contributed by atoms with Crippen LogP contribution in [0.25, 0.3) is 11.6 Å². The van der Waals surface area contributed by atoms with Crippen molar-refractivity contribution in [2.45, 2.75) is 24.2 Å². The van der Waals surface area contributed by atoms with Crippen LogP contribution < -0.4 is 0 Å². The minimum absolute atomic E-state index is 0.131. The molecular weight excluding hydrogens is 354 g/mol. The average molecular weight is 371 g/mol. The van der Waals surface area contributed by atoms with Crippen LogP contribution >= 0.6 is 0 Å². The SMILES string of the molecule is Cc1cnc(-c2nnc([C@H]3CCN(S(=O)(=O)c4ccccc4)C3)o2)cn1. The van der Waals surface area contributed by atoms with E-state index in [2.05, 4.69) is 20.2 Å². The zero-order valence-electron chi connectivity index (χ0n) is 14.1. The second-order valence-corrected chi connectivity index (χ2v) is 8.09. The number of aryl methyl sites for hydroxylation is 1. The van der Waals surface area contributed by atoms with E-state index in [1.807, 2.05) is 6.92 Å². The van der Waals surface area contributed by atoms with Crippen molar-refractivity contribution < 1.29 is 12.8 Å². The molecular formula is C17H17N5O3S. The molecule has 0 unspecified atom stereocenters. The highest BCUT2D eigenvalue weighted by Crippen LogP contribution is 2.31. The first kappa shape index (κ1) is 16.8. The van der Waals surface area contributed by atoms with Gasteiger partial charge in [-0.15, -0.1) is 10.2 Å². The second kappa shape index (κ2) is 6.58. The van der Waals surface area contributed by atoms with Gasteiger partial charge in [0.1, 0.15) is 5.69 Å². The molecule has 0 amide bonds. The van der Waals surface area contributed by atoms with Crippen LogP contribution in [0.15, 0.2) is 52.0 Å². The van der Waals surface area contributed by atoms with Gasteiger partial charge < -0.3 is 4.42 Å². The fourth-order valence-electron chi connectivity index (χ4n) is 2.90. The summed E-state index contributed by atoms with van der Waals surface area (Å²) in [4.78, 5) is 8.67. The Hall–Kier alpha value is -2.65. The maximum absolute atomic E-state index is 12.7. The Labute approximate surface area is 151 Å². The summed E-state index contributed by atoms with van der Waals surface area (Å²) in [5.74, 6) is 0.582. The smallest absolute Gasteiger partial charge is 0.267 e. The van der Waals surface area contributed by atoms with Gasteiger partial charge in [0.25, 0.3) is 5.89 Å². The number of hydrogen-bond acceptors (Lipinski definition) is 7. The molecule has 3 heterocycles. The lowest BCUT2D eigenvalue weighted by atomic mass is 10.1. The third-order valence-electron chi connectivity index (χ3n) is 4.32. The van der Waals surface area contributed by atoms with Crippen LogP contribution in [0.5, 0.6) is 0 Å². The molecule has 3 aromatic rings. The van der Waals surface area contributed by atoms with Crippen LogP contribution in [0.2, 0.25) is 0 Å². The van der Waals surface area contributed by atoms with E-state index in [9.17, 15) is 8.42 Å². The molecule has 0 N–H and O–H groups in total. The summed E-state index contributed by atoms with van der Waals surface area (Å²) in [6.07, 6.45) is 3.84. The summed E-state index contributed by atoms with van der Waals surface area (Å²) >= 11 is 0. The Bertz CT molecular complexity index is 1000. The predicted molar refractivity (Wildman–Crippen MR) is 92.6 cm³/mol. The molecule has 0 saturated carbocycles. The molecule has 1 aromatic carbocycles. The first-order valence-corrected chi connectivity index (χ1v) is 9.65. The number of sulfonamides is 1. The van der Waals surface area contributed by atoms with Gasteiger partial charge in [0.15, 0.2) is 0 Å². The molecule has 8 nitrogen and oxygen atoms in total. The van der Waals surface area contributed by atoms with E-state index in [0.29, 0.717) is 36.0 Å². The van der Waals surface area contributed by atoms with E-state index in [-0.39, 0.29) is 11.8 Å². The average Bonchev–Trinajstić information content (AvgIpc) is 3.33. The summed E-state index contributed by atoms with van der Waals surface area (Å²) in [6.45, 7) is 2.58. The zero-order chi connectivity index (χ0) is 18.1. The van der Waals surface area contributed by atoms with E-state index >= 15 is 0 Å². The Morgan fingerprint density at radius 2 is 1.92 bits per heavy atom. The van der Waals surface area contributed by atoms with E-state index in [1.165, 1.54) is 4.31 Å². The van der Waals surface area contributed by atoms with Crippen LogP contribution in [0.3, 0.4) is 0 Å².